The van der Waals surface area contributed by atoms with Gasteiger partial charge in [0, 0.05) is 6.54 Å². The molecule has 1 fully saturated rings. The molecular weight excluding hydrogens is 218 g/mol. The van der Waals surface area contributed by atoms with Crippen molar-refractivity contribution in [1.82, 2.24) is 5.32 Å². The summed E-state index contributed by atoms with van der Waals surface area (Å²) in [5.74, 6) is -0.0433. The molecule has 0 aliphatic heterocycles. The van der Waals surface area contributed by atoms with Crippen LogP contribution in [-0.4, -0.2) is 24.7 Å². The SMILES string of the molecule is COc1cccc(C(=O)NCC2(C)CC2)c1O. The molecule has 0 unspecified atom stereocenters. The van der Waals surface area contributed by atoms with E-state index >= 15 is 0 Å². The van der Waals surface area contributed by atoms with E-state index in [1.807, 2.05) is 0 Å². The number of aromatic hydroxyl groups is 1. The number of amides is 1. The van der Waals surface area contributed by atoms with Crippen molar-refractivity contribution in [3.05, 3.63) is 23.8 Å². The highest BCUT2D eigenvalue weighted by Crippen LogP contribution is 2.44. The zero-order valence-corrected chi connectivity index (χ0v) is 10.1. The van der Waals surface area contributed by atoms with Gasteiger partial charge < -0.3 is 15.2 Å². The molecule has 2 rings (SSSR count). The number of methoxy groups -OCH3 is 1. The van der Waals surface area contributed by atoms with Gasteiger partial charge in [-0.25, -0.2) is 0 Å². The maximum absolute atomic E-state index is 11.9. The molecule has 1 saturated carbocycles. The number of phenolic OH excluding ortho intramolecular Hbond substituents is 1. The van der Waals surface area contributed by atoms with Crippen LogP contribution in [0.3, 0.4) is 0 Å². The number of nitrogens with one attached hydrogen (secondary N) is 1. The monoisotopic (exact) mass is 235 g/mol. The molecule has 4 nitrogen and oxygen atoms in total. The summed E-state index contributed by atoms with van der Waals surface area (Å²) in [6.07, 6.45) is 2.30. The Labute approximate surface area is 101 Å². The minimum atomic E-state index is -0.255. The van der Waals surface area contributed by atoms with Gasteiger partial charge in [0.2, 0.25) is 0 Å². The Bertz CT molecular complexity index is 438. The molecule has 0 spiro atoms. The Balaban J connectivity index is 2.08. The second kappa shape index (κ2) is 4.28. The fourth-order valence-electron chi connectivity index (χ4n) is 1.65. The quantitative estimate of drug-likeness (QED) is 0.838. The van der Waals surface area contributed by atoms with E-state index in [9.17, 15) is 9.90 Å². The fraction of sp³-hybridized carbons (Fsp3) is 0.462. The Hall–Kier alpha value is -1.71. The van der Waals surface area contributed by atoms with Crippen LogP contribution in [0.5, 0.6) is 11.5 Å². The first-order chi connectivity index (χ1) is 8.06. The molecule has 1 amide bonds. The second-order valence-corrected chi connectivity index (χ2v) is 4.85. The molecule has 1 aliphatic rings. The minimum Gasteiger partial charge on any atom is -0.504 e. The summed E-state index contributed by atoms with van der Waals surface area (Å²) in [7, 11) is 1.46. The van der Waals surface area contributed by atoms with E-state index in [1.54, 1.807) is 18.2 Å². The highest BCUT2D eigenvalue weighted by atomic mass is 16.5. The summed E-state index contributed by atoms with van der Waals surface area (Å²) < 4.78 is 4.96. The van der Waals surface area contributed by atoms with E-state index in [0.29, 0.717) is 12.3 Å². The van der Waals surface area contributed by atoms with E-state index in [2.05, 4.69) is 12.2 Å². The number of ether oxygens (including phenoxy) is 1. The number of hydrogen-bond acceptors (Lipinski definition) is 3. The van der Waals surface area contributed by atoms with Gasteiger partial charge in [-0.3, -0.25) is 4.79 Å². The van der Waals surface area contributed by atoms with Crippen LogP contribution in [-0.2, 0) is 0 Å². The third kappa shape index (κ3) is 2.52. The lowest BCUT2D eigenvalue weighted by Gasteiger charge is -2.12. The molecule has 17 heavy (non-hydrogen) atoms. The van der Waals surface area contributed by atoms with Crippen molar-refractivity contribution in [2.45, 2.75) is 19.8 Å². The lowest BCUT2D eigenvalue weighted by molar-refractivity contribution is 0.0943. The molecule has 0 bridgehead atoms. The van der Waals surface area contributed by atoms with Gasteiger partial charge in [-0.2, -0.15) is 0 Å². The summed E-state index contributed by atoms with van der Waals surface area (Å²) in [5.41, 5.74) is 0.512. The van der Waals surface area contributed by atoms with Crippen LogP contribution in [0.1, 0.15) is 30.1 Å². The summed E-state index contributed by atoms with van der Waals surface area (Å²) >= 11 is 0. The minimum absolute atomic E-state index is 0.103. The standard InChI is InChI=1S/C13H17NO3/c1-13(6-7-13)8-14-12(16)9-4-3-5-10(17-2)11(9)15/h3-5,15H,6-8H2,1-2H3,(H,14,16). The summed E-state index contributed by atoms with van der Waals surface area (Å²) in [6, 6.07) is 4.89. The number of carbonyl (C=O) groups excluding carboxylic acids is 1. The normalized spacial score (nSPS) is 16.4. The average molecular weight is 235 g/mol. The highest BCUT2D eigenvalue weighted by Gasteiger charge is 2.37. The van der Waals surface area contributed by atoms with E-state index in [4.69, 9.17) is 4.74 Å². The summed E-state index contributed by atoms with van der Waals surface area (Å²) in [6.45, 7) is 2.79. The van der Waals surface area contributed by atoms with Crippen LogP contribution in [0.2, 0.25) is 0 Å². The van der Waals surface area contributed by atoms with Crippen LogP contribution in [0.4, 0.5) is 0 Å². The molecule has 0 saturated heterocycles. The molecule has 0 radical (unpaired) electrons. The van der Waals surface area contributed by atoms with E-state index in [0.717, 1.165) is 12.8 Å². The largest absolute Gasteiger partial charge is 0.504 e. The van der Waals surface area contributed by atoms with Gasteiger partial charge in [0.25, 0.3) is 5.91 Å². The predicted molar refractivity (Wildman–Crippen MR) is 64.3 cm³/mol. The van der Waals surface area contributed by atoms with Crippen LogP contribution in [0, 0.1) is 5.41 Å². The first-order valence-corrected chi connectivity index (χ1v) is 5.70. The predicted octanol–water partition coefficient (Wildman–Crippen LogP) is 1.93. The van der Waals surface area contributed by atoms with Crippen molar-refractivity contribution in [3.63, 3.8) is 0 Å². The second-order valence-electron chi connectivity index (χ2n) is 4.85. The molecule has 0 heterocycles. The number of phenols is 1. The highest BCUT2D eigenvalue weighted by molar-refractivity contribution is 5.97. The molecule has 1 aromatic rings. The Morgan fingerprint density at radius 1 is 1.53 bits per heavy atom. The van der Waals surface area contributed by atoms with E-state index < -0.39 is 0 Å². The molecule has 1 aromatic carbocycles. The molecule has 2 N–H and O–H groups in total. The third-order valence-electron chi connectivity index (χ3n) is 3.24. The molecule has 0 atom stereocenters. The Morgan fingerprint density at radius 3 is 2.82 bits per heavy atom. The molecule has 1 aliphatic carbocycles. The van der Waals surface area contributed by atoms with E-state index in [1.165, 1.54) is 7.11 Å². The van der Waals surface area contributed by atoms with Gasteiger partial charge in [0.15, 0.2) is 11.5 Å². The zero-order chi connectivity index (χ0) is 12.5. The maximum atomic E-state index is 11.9. The molecular formula is C13H17NO3. The van der Waals surface area contributed by atoms with Crippen LogP contribution in [0.25, 0.3) is 0 Å². The Morgan fingerprint density at radius 2 is 2.24 bits per heavy atom. The summed E-state index contributed by atoms with van der Waals surface area (Å²) in [5, 5.41) is 12.7. The fourth-order valence-corrected chi connectivity index (χ4v) is 1.65. The number of rotatable bonds is 4. The van der Waals surface area contributed by atoms with Crippen molar-refractivity contribution in [1.29, 1.82) is 0 Å². The zero-order valence-electron chi connectivity index (χ0n) is 10.1. The van der Waals surface area contributed by atoms with Crippen LogP contribution >= 0.6 is 0 Å². The van der Waals surface area contributed by atoms with Crippen molar-refractivity contribution in [3.8, 4) is 11.5 Å². The van der Waals surface area contributed by atoms with Crippen molar-refractivity contribution >= 4 is 5.91 Å². The van der Waals surface area contributed by atoms with E-state index in [-0.39, 0.29) is 22.6 Å². The van der Waals surface area contributed by atoms with Crippen molar-refractivity contribution in [2.75, 3.05) is 13.7 Å². The average Bonchev–Trinajstić information content (AvgIpc) is 3.05. The third-order valence-corrected chi connectivity index (χ3v) is 3.24. The van der Waals surface area contributed by atoms with Gasteiger partial charge in [-0.1, -0.05) is 13.0 Å². The topological polar surface area (TPSA) is 58.6 Å². The van der Waals surface area contributed by atoms with Crippen molar-refractivity contribution < 1.29 is 14.6 Å². The van der Waals surface area contributed by atoms with Gasteiger partial charge in [0.05, 0.1) is 12.7 Å². The molecule has 92 valence electrons. The number of hydrogen-bond donors (Lipinski definition) is 2. The maximum Gasteiger partial charge on any atom is 0.255 e. The van der Waals surface area contributed by atoms with Gasteiger partial charge in [-0.05, 0) is 30.4 Å². The number of carbonyl (C=O) groups is 1. The van der Waals surface area contributed by atoms with Crippen LogP contribution in [0.15, 0.2) is 18.2 Å². The van der Waals surface area contributed by atoms with Gasteiger partial charge in [0.1, 0.15) is 0 Å². The molecule has 4 heteroatoms. The lowest BCUT2D eigenvalue weighted by Crippen LogP contribution is -2.29. The van der Waals surface area contributed by atoms with Gasteiger partial charge in [-0.15, -0.1) is 0 Å². The van der Waals surface area contributed by atoms with Gasteiger partial charge >= 0.3 is 0 Å². The lowest BCUT2D eigenvalue weighted by atomic mass is 10.1. The van der Waals surface area contributed by atoms with Crippen molar-refractivity contribution in [2.24, 2.45) is 5.41 Å². The number of para-hydroxylation sites is 1. The first-order valence-electron chi connectivity index (χ1n) is 5.70. The summed E-state index contributed by atoms with van der Waals surface area (Å²) in [4.78, 5) is 11.9. The first kappa shape index (κ1) is 11.8. The molecule has 0 aromatic heterocycles. The number of benzene rings is 1. The smallest absolute Gasteiger partial charge is 0.255 e. The van der Waals surface area contributed by atoms with Crippen LogP contribution < -0.4 is 10.1 Å². The Kier molecular flexibility index (Phi) is 2.96.